The fourth-order valence-corrected chi connectivity index (χ4v) is 1.81. The first kappa shape index (κ1) is 12.4. The quantitative estimate of drug-likeness (QED) is 0.901. The van der Waals surface area contributed by atoms with Crippen LogP contribution in [0.2, 0.25) is 0 Å². The third-order valence-corrected chi connectivity index (χ3v) is 2.95. The second-order valence-electron chi connectivity index (χ2n) is 4.07. The highest BCUT2D eigenvalue weighted by Crippen LogP contribution is 2.19. The molecule has 2 aromatic rings. The van der Waals surface area contributed by atoms with E-state index in [1.807, 2.05) is 31.2 Å². The van der Waals surface area contributed by atoms with E-state index in [0.717, 1.165) is 23.4 Å². The van der Waals surface area contributed by atoms with Crippen molar-refractivity contribution in [3.8, 4) is 17.1 Å². The number of methoxy groups -OCH3 is 1. The smallest absolute Gasteiger partial charge is 0.254 e. The highest BCUT2D eigenvalue weighted by atomic mass is 16.5. The SMILES string of the molecule is CCc1nc(-c2ccc(OC)cc2)[nH]c(=O)c1C. The Morgan fingerprint density at radius 3 is 2.50 bits per heavy atom. The van der Waals surface area contributed by atoms with Gasteiger partial charge in [0.25, 0.3) is 5.56 Å². The molecular weight excluding hydrogens is 228 g/mol. The van der Waals surface area contributed by atoms with Gasteiger partial charge >= 0.3 is 0 Å². The molecule has 0 saturated heterocycles. The highest BCUT2D eigenvalue weighted by molar-refractivity contribution is 5.56. The Bertz CT molecular complexity index is 600. The zero-order chi connectivity index (χ0) is 13.1. The number of aryl methyl sites for hydroxylation is 1. The van der Waals surface area contributed by atoms with Crippen LogP contribution in [0.4, 0.5) is 0 Å². The molecule has 0 fully saturated rings. The molecule has 2 rings (SSSR count). The van der Waals surface area contributed by atoms with E-state index < -0.39 is 0 Å². The average molecular weight is 244 g/mol. The topological polar surface area (TPSA) is 55.0 Å². The average Bonchev–Trinajstić information content (AvgIpc) is 2.42. The van der Waals surface area contributed by atoms with Gasteiger partial charge in [-0.3, -0.25) is 4.79 Å². The van der Waals surface area contributed by atoms with Crippen molar-refractivity contribution in [3.05, 3.63) is 45.9 Å². The van der Waals surface area contributed by atoms with Crippen LogP contribution in [0.5, 0.6) is 5.75 Å². The summed E-state index contributed by atoms with van der Waals surface area (Å²) >= 11 is 0. The first-order valence-electron chi connectivity index (χ1n) is 5.90. The minimum absolute atomic E-state index is 0.0762. The van der Waals surface area contributed by atoms with E-state index >= 15 is 0 Å². The van der Waals surface area contributed by atoms with Crippen molar-refractivity contribution in [1.82, 2.24) is 9.97 Å². The van der Waals surface area contributed by atoms with Crippen molar-refractivity contribution < 1.29 is 4.74 Å². The maximum absolute atomic E-state index is 11.8. The number of benzene rings is 1. The zero-order valence-electron chi connectivity index (χ0n) is 10.8. The third kappa shape index (κ3) is 2.27. The van der Waals surface area contributed by atoms with Gasteiger partial charge in [0.1, 0.15) is 11.6 Å². The molecule has 0 aliphatic heterocycles. The lowest BCUT2D eigenvalue weighted by molar-refractivity contribution is 0.415. The van der Waals surface area contributed by atoms with E-state index in [1.54, 1.807) is 14.0 Å². The van der Waals surface area contributed by atoms with Gasteiger partial charge in [-0.05, 0) is 37.6 Å². The Balaban J connectivity index is 2.50. The first-order chi connectivity index (χ1) is 8.65. The monoisotopic (exact) mass is 244 g/mol. The van der Waals surface area contributed by atoms with Crippen molar-refractivity contribution in [2.45, 2.75) is 20.3 Å². The molecule has 0 atom stereocenters. The van der Waals surface area contributed by atoms with Crippen LogP contribution in [-0.2, 0) is 6.42 Å². The summed E-state index contributed by atoms with van der Waals surface area (Å²) in [6.45, 7) is 3.79. The van der Waals surface area contributed by atoms with Gasteiger partial charge in [0.05, 0.1) is 12.8 Å². The van der Waals surface area contributed by atoms with E-state index in [9.17, 15) is 4.79 Å². The van der Waals surface area contributed by atoms with Gasteiger partial charge in [-0.15, -0.1) is 0 Å². The Kier molecular flexibility index (Phi) is 3.46. The van der Waals surface area contributed by atoms with Crippen molar-refractivity contribution in [3.63, 3.8) is 0 Å². The van der Waals surface area contributed by atoms with Crippen LogP contribution in [-0.4, -0.2) is 17.1 Å². The largest absolute Gasteiger partial charge is 0.497 e. The maximum Gasteiger partial charge on any atom is 0.254 e. The summed E-state index contributed by atoms with van der Waals surface area (Å²) in [5, 5.41) is 0. The molecule has 0 amide bonds. The van der Waals surface area contributed by atoms with Crippen molar-refractivity contribution in [1.29, 1.82) is 0 Å². The molecule has 0 spiro atoms. The van der Waals surface area contributed by atoms with Crippen LogP contribution in [0.3, 0.4) is 0 Å². The minimum Gasteiger partial charge on any atom is -0.497 e. The van der Waals surface area contributed by atoms with E-state index in [4.69, 9.17) is 4.74 Å². The lowest BCUT2D eigenvalue weighted by atomic mass is 10.1. The van der Waals surface area contributed by atoms with Gasteiger partial charge in [0.2, 0.25) is 0 Å². The Morgan fingerprint density at radius 2 is 1.94 bits per heavy atom. The summed E-state index contributed by atoms with van der Waals surface area (Å²) in [6, 6.07) is 7.46. The number of aromatic amines is 1. The molecule has 0 aliphatic carbocycles. The first-order valence-corrected chi connectivity index (χ1v) is 5.90. The third-order valence-electron chi connectivity index (χ3n) is 2.95. The summed E-state index contributed by atoms with van der Waals surface area (Å²) in [4.78, 5) is 19.1. The van der Waals surface area contributed by atoms with Gasteiger partial charge < -0.3 is 9.72 Å². The summed E-state index contributed by atoms with van der Waals surface area (Å²) in [5.74, 6) is 1.38. The molecule has 0 unspecified atom stereocenters. The molecule has 4 heteroatoms. The van der Waals surface area contributed by atoms with Gasteiger partial charge in [-0.25, -0.2) is 4.98 Å². The summed E-state index contributed by atoms with van der Waals surface area (Å²) in [5.41, 5.74) is 2.33. The van der Waals surface area contributed by atoms with E-state index in [1.165, 1.54) is 0 Å². The van der Waals surface area contributed by atoms with Gasteiger partial charge in [-0.1, -0.05) is 6.92 Å². The standard InChI is InChI=1S/C14H16N2O2/c1-4-12-9(2)14(17)16-13(15-12)10-5-7-11(18-3)8-6-10/h5-8H,4H2,1-3H3,(H,15,16,17). The predicted octanol–water partition coefficient (Wildman–Crippen LogP) is 2.32. The second-order valence-corrected chi connectivity index (χ2v) is 4.07. The Morgan fingerprint density at radius 1 is 1.28 bits per heavy atom. The number of nitrogens with zero attached hydrogens (tertiary/aromatic N) is 1. The molecule has 0 bridgehead atoms. The number of nitrogens with one attached hydrogen (secondary N) is 1. The van der Waals surface area contributed by atoms with E-state index in [0.29, 0.717) is 11.4 Å². The molecule has 1 N–H and O–H groups in total. The Labute approximate surface area is 106 Å². The number of H-pyrrole nitrogens is 1. The van der Waals surface area contributed by atoms with Crippen LogP contribution in [0, 0.1) is 6.92 Å². The van der Waals surface area contributed by atoms with Gasteiger partial charge in [0.15, 0.2) is 0 Å². The van der Waals surface area contributed by atoms with Crippen LogP contribution in [0.15, 0.2) is 29.1 Å². The number of ether oxygens (including phenoxy) is 1. The van der Waals surface area contributed by atoms with Crippen molar-refractivity contribution >= 4 is 0 Å². The predicted molar refractivity (Wildman–Crippen MR) is 71.0 cm³/mol. The molecule has 0 radical (unpaired) electrons. The summed E-state index contributed by atoms with van der Waals surface area (Å²) in [7, 11) is 1.62. The zero-order valence-corrected chi connectivity index (χ0v) is 10.8. The number of hydrogen-bond donors (Lipinski definition) is 1. The summed E-state index contributed by atoms with van der Waals surface area (Å²) in [6.07, 6.45) is 0.749. The van der Waals surface area contributed by atoms with E-state index in [-0.39, 0.29) is 5.56 Å². The second kappa shape index (κ2) is 5.04. The number of aromatic nitrogens is 2. The van der Waals surface area contributed by atoms with Crippen LogP contribution in [0.25, 0.3) is 11.4 Å². The highest BCUT2D eigenvalue weighted by Gasteiger charge is 2.07. The van der Waals surface area contributed by atoms with Crippen molar-refractivity contribution in [2.24, 2.45) is 0 Å². The molecule has 1 aromatic carbocycles. The Hall–Kier alpha value is -2.10. The number of hydrogen-bond acceptors (Lipinski definition) is 3. The van der Waals surface area contributed by atoms with Crippen LogP contribution in [0.1, 0.15) is 18.2 Å². The van der Waals surface area contributed by atoms with Gasteiger partial charge in [0, 0.05) is 11.1 Å². The maximum atomic E-state index is 11.8. The fraction of sp³-hybridized carbons (Fsp3) is 0.286. The minimum atomic E-state index is -0.0762. The lowest BCUT2D eigenvalue weighted by Gasteiger charge is -2.06. The molecule has 1 heterocycles. The molecule has 94 valence electrons. The van der Waals surface area contributed by atoms with E-state index in [2.05, 4.69) is 9.97 Å². The van der Waals surface area contributed by atoms with Gasteiger partial charge in [-0.2, -0.15) is 0 Å². The molecule has 0 saturated carbocycles. The molecule has 18 heavy (non-hydrogen) atoms. The molecule has 0 aliphatic rings. The van der Waals surface area contributed by atoms with Crippen LogP contribution < -0.4 is 10.3 Å². The summed E-state index contributed by atoms with van der Waals surface area (Å²) < 4.78 is 5.10. The van der Waals surface area contributed by atoms with Crippen LogP contribution >= 0.6 is 0 Å². The van der Waals surface area contributed by atoms with Crippen molar-refractivity contribution in [2.75, 3.05) is 7.11 Å². The molecule has 4 nitrogen and oxygen atoms in total. The lowest BCUT2D eigenvalue weighted by Crippen LogP contribution is -2.15. The normalized spacial score (nSPS) is 10.4. The number of rotatable bonds is 3. The molecule has 1 aromatic heterocycles. The molecular formula is C14H16N2O2. The fourth-order valence-electron chi connectivity index (χ4n) is 1.81.